The fraction of sp³-hybridized carbons (Fsp3) is 0.667. The smallest absolute Gasteiger partial charge is 0.118 e. The lowest BCUT2D eigenvalue weighted by molar-refractivity contribution is 0.0567. The van der Waals surface area contributed by atoms with E-state index in [1.54, 1.807) is 7.11 Å². The van der Waals surface area contributed by atoms with Gasteiger partial charge in [0.2, 0.25) is 0 Å². The molecule has 1 aliphatic carbocycles. The number of rotatable bonds is 5. The molecular formula is C18H27NO2. The monoisotopic (exact) mass is 289 g/mol. The molecule has 116 valence electrons. The quantitative estimate of drug-likeness (QED) is 0.903. The Bertz CT molecular complexity index is 465. The second-order valence-electron chi connectivity index (χ2n) is 6.94. The molecular weight excluding hydrogens is 262 g/mol. The van der Waals surface area contributed by atoms with Gasteiger partial charge >= 0.3 is 0 Å². The number of benzene rings is 1. The number of piperidine rings is 1. The summed E-state index contributed by atoms with van der Waals surface area (Å²) in [5.41, 5.74) is 1.84. The Labute approximate surface area is 127 Å². The van der Waals surface area contributed by atoms with Crippen molar-refractivity contribution in [3.63, 3.8) is 0 Å². The van der Waals surface area contributed by atoms with Crippen molar-refractivity contribution < 1.29 is 9.84 Å². The molecule has 1 spiro atoms. The Kier molecular flexibility index (Phi) is 4.23. The minimum atomic E-state index is -0.175. The molecule has 1 heterocycles. The predicted octanol–water partition coefficient (Wildman–Crippen LogP) is 3.21. The molecule has 3 nitrogen and oxygen atoms in total. The maximum atomic E-state index is 9.65. The first-order valence-electron chi connectivity index (χ1n) is 8.17. The van der Waals surface area contributed by atoms with Crippen molar-refractivity contribution in [3.8, 4) is 5.75 Å². The molecule has 21 heavy (non-hydrogen) atoms. The highest BCUT2D eigenvalue weighted by atomic mass is 16.5. The molecule has 0 amide bonds. The van der Waals surface area contributed by atoms with Crippen LogP contribution in [0.15, 0.2) is 24.3 Å². The van der Waals surface area contributed by atoms with Crippen molar-refractivity contribution in [2.45, 2.75) is 57.2 Å². The third-order valence-corrected chi connectivity index (χ3v) is 5.20. The first-order valence-corrected chi connectivity index (χ1v) is 8.17. The first-order chi connectivity index (χ1) is 10.1. The van der Waals surface area contributed by atoms with Gasteiger partial charge in [0.15, 0.2) is 0 Å². The van der Waals surface area contributed by atoms with E-state index in [1.807, 2.05) is 19.1 Å². The molecule has 2 unspecified atom stereocenters. The van der Waals surface area contributed by atoms with Crippen LogP contribution in [0.3, 0.4) is 0 Å². The SMILES string of the molecule is COc1ccc(CN2CC(CC(C)O)CCC23CC3)cc1. The second-order valence-corrected chi connectivity index (χ2v) is 6.94. The van der Waals surface area contributed by atoms with Crippen molar-refractivity contribution in [3.05, 3.63) is 29.8 Å². The Balaban J connectivity index is 1.66. The number of ether oxygens (including phenoxy) is 1. The fourth-order valence-electron chi connectivity index (χ4n) is 3.80. The number of methoxy groups -OCH3 is 1. The summed E-state index contributed by atoms with van der Waals surface area (Å²) in [6.45, 7) is 4.08. The van der Waals surface area contributed by atoms with Crippen LogP contribution in [0.4, 0.5) is 0 Å². The van der Waals surface area contributed by atoms with Crippen molar-refractivity contribution in [1.29, 1.82) is 0 Å². The van der Waals surface area contributed by atoms with Gasteiger partial charge in [-0.1, -0.05) is 12.1 Å². The van der Waals surface area contributed by atoms with Gasteiger partial charge in [0.25, 0.3) is 0 Å². The van der Waals surface area contributed by atoms with Gasteiger partial charge in [-0.25, -0.2) is 0 Å². The van der Waals surface area contributed by atoms with Crippen LogP contribution >= 0.6 is 0 Å². The summed E-state index contributed by atoms with van der Waals surface area (Å²) in [4.78, 5) is 2.67. The van der Waals surface area contributed by atoms with E-state index in [2.05, 4.69) is 17.0 Å². The largest absolute Gasteiger partial charge is 0.497 e. The molecule has 1 aromatic rings. The van der Waals surface area contributed by atoms with Crippen LogP contribution < -0.4 is 4.74 Å². The van der Waals surface area contributed by atoms with Gasteiger partial charge in [-0.15, -0.1) is 0 Å². The van der Waals surface area contributed by atoms with Gasteiger partial charge in [0.05, 0.1) is 13.2 Å². The zero-order chi connectivity index (χ0) is 14.9. The number of aliphatic hydroxyl groups excluding tert-OH is 1. The van der Waals surface area contributed by atoms with Crippen LogP contribution in [0.2, 0.25) is 0 Å². The van der Waals surface area contributed by atoms with Gasteiger partial charge in [-0.3, -0.25) is 4.90 Å². The minimum Gasteiger partial charge on any atom is -0.497 e. The van der Waals surface area contributed by atoms with Crippen LogP contribution in [-0.2, 0) is 6.54 Å². The van der Waals surface area contributed by atoms with E-state index in [-0.39, 0.29) is 6.10 Å². The average Bonchev–Trinajstić information content (AvgIpc) is 3.24. The molecule has 3 rings (SSSR count). The zero-order valence-electron chi connectivity index (χ0n) is 13.2. The van der Waals surface area contributed by atoms with E-state index in [1.165, 1.54) is 31.2 Å². The van der Waals surface area contributed by atoms with E-state index >= 15 is 0 Å². The van der Waals surface area contributed by atoms with Crippen molar-refractivity contribution >= 4 is 0 Å². The van der Waals surface area contributed by atoms with Gasteiger partial charge in [-0.2, -0.15) is 0 Å². The summed E-state index contributed by atoms with van der Waals surface area (Å²) in [5, 5.41) is 9.65. The summed E-state index contributed by atoms with van der Waals surface area (Å²) in [5.74, 6) is 1.57. The lowest BCUT2D eigenvalue weighted by Crippen LogP contribution is -2.45. The highest BCUT2D eigenvalue weighted by Gasteiger charge is 2.50. The molecule has 2 fully saturated rings. The Morgan fingerprint density at radius 1 is 1.29 bits per heavy atom. The van der Waals surface area contributed by atoms with Crippen LogP contribution in [0.1, 0.15) is 44.6 Å². The van der Waals surface area contributed by atoms with E-state index in [9.17, 15) is 5.11 Å². The van der Waals surface area contributed by atoms with Crippen LogP contribution in [0.5, 0.6) is 5.75 Å². The summed E-state index contributed by atoms with van der Waals surface area (Å²) >= 11 is 0. The maximum absolute atomic E-state index is 9.65. The maximum Gasteiger partial charge on any atom is 0.118 e. The molecule has 2 atom stereocenters. The van der Waals surface area contributed by atoms with E-state index < -0.39 is 0 Å². The van der Waals surface area contributed by atoms with Crippen molar-refractivity contribution in [2.24, 2.45) is 5.92 Å². The van der Waals surface area contributed by atoms with Gasteiger partial charge in [0, 0.05) is 18.6 Å². The Morgan fingerprint density at radius 3 is 2.57 bits per heavy atom. The number of hydrogen-bond acceptors (Lipinski definition) is 3. The van der Waals surface area contributed by atoms with Gasteiger partial charge in [-0.05, 0) is 62.6 Å². The van der Waals surface area contributed by atoms with Crippen LogP contribution in [0, 0.1) is 5.92 Å². The van der Waals surface area contributed by atoms with E-state index in [0.29, 0.717) is 11.5 Å². The standard InChI is InChI=1S/C18H27NO2/c1-14(20)11-16-7-8-18(9-10-18)19(13-16)12-15-3-5-17(21-2)6-4-15/h3-6,14,16,20H,7-13H2,1-2H3. The third kappa shape index (κ3) is 3.41. The molecule has 3 heteroatoms. The molecule has 0 radical (unpaired) electrons. The second kappa shape index (κ2) is 5.98. The lowest BCUT2D eigenvalue weighted by Gasteiger charge is -2.41. The molecule has 0 bridgehead atoms. The molecule has 1 aliphatic heterocycles. The highest BCUT2D eigenvalue weighted by Crippen LogP contribution is 2.50. The van der Waals surface area contributed by atoms with Crippen LogP contribution in [0.25, 0.3) is 0 Å². The first kappa shape index (κ1) is 14.9. The van der Waals surface area contributed by atoms with Crippen LogP contribution in [-0.4, -0.2) is 35.3 Å². The fourth-order valence-corrected chi connectivity index (χ4v) is 3.80. The molecule has 1 N–H and O–H groups in total. The molecule has 1 saturated carbocycles. The molecule has 2 aliphatic rings. The minimum absolute atomic E-state index is 0.175. The summed E-state index contributed by atoms with van der Waals surface area (Å²) in [6, 6.07) is 8.44. The topological polar surface area (TPSA) is 32.7 Å². The number of aliphatic hydroxyl groups is 1. The van der Waals surface area contributed by atoms with Crippen molar-refractivity contribution in [2.75, 3.05) is 13.7 Å². The Hall–Kier alpha value is -1.06. The van der Waals surface area contributed by atoms with E-state index in [4.69, 9.17) is 4.74 Å². The highest BCUT2D eigenvalue weighted by molar-refractivity contribution is 5.27. The summed E-state index contributed by atoms with van der Waals surface area (Å²) in [6.07, 6.45) is 6.06. The average molecular weight is 289 g/mol. The zero-order valence-corrected chi connectivity index (χ0v) is 13.2. The van der Waals surface area contributed by atoms with Gasteiger partial charge in [0.1, 0.15) is 5.75 Å². The molecule has 0 aromatic heterocycles. The number of likely N-dealkylation sites (tertiary alicyclic amines) is 1. The molecule has 1 aromatic carbocycles. The van der Waals surface area contributed by atoms with E-state index in [0.717, 1.165) is 25.3 Å². The normalized spacial score (nSPS) is 25.8. The third-order valence-electron chi connectivity index (χ3n) is 5.20. The number of nitrogens with zero attached hydrogens (tertiary/aromatic N) is 1. The summed E-state index contributed by atoms with van der Waals surface area (Å²) < 4.78 is 5.23. The predicted molar refractivity (Wildman–Crippen MR) is 84.4 cm³/mol. The summed E-state index contributed by atoms with van der Waals surface area (Å²) in [7, 11) is 1.71. The molecule has 1 saturated heterocycles. The van der Waals surface area contributed by atoms with Crippen molar-refractivity contribution in [1.82, 2.24) is 4.90 Å². The number of hydrogen-bond donors (Lipinski definition) is 1. The Morgan fingerprint density at radius 2 is 2.00 bits per heavy atom. The van der Waals surface area contributed by atoms with Gasteiger partial charge < -0.3 is 9.84 Å². The lowest BCUT2D eigenvalue weighted by atomic mass is 9.87.